The number of fused-ring (bicyclic) bond motifs is 3. The molecule has 0 saturated carbocycles. The first-order valence-electron chi connectivity index (χ1n) is 8.86. The number of nitrogens with zero attached hydrogens (tertiary/aromatic N) is 6. The molecule has 0 unspecified atom stereocenters. The summed E-state index contributed by atoms with van der Waals surface area (Å²) in [4.78, 5) is 11.4. The summed E-state index contributed by atoms with van der Waals surface area (Å²) in [5.41, 5.74) is 2.72. The lowest BCUT2D eigenvalue weighted by atomic mass is 10.1. The van der Waals surface area contributed by atoms with Crippen LogP contribution in [-0.4, -0.2) is 31.6 Å². The van der Waals surface area contributed by atoms with Gasteiger partial charge in [-0.05, 0) is 42.5 Å². The van der Waals surface area contributed by atoms with Crippen molar-refractivity contribution in [3.63, 3.8) is 0 Å². The minimum absolute atomic E-state index is 0.496. The number of rotatable bonds is 3. The molecule has 142 valence electrons. The molecule has 0 aliphatic rings. The van der Waals surface area contributed by atoms with Crippen molar-refractivity contribution in [2.45, 2.75) is 0 Å². The summed E-state index contributed by atoms with van der Waals surface area (Å²) >= 11 is 12.2. The highest BCUT2D eigenvalue weighted by molar-refractivity contribution is 6.31. The predicted molar refractivity (Wildman–Crippen MR) is 116 cm³/mol. The molecular formula is C21H14Cl2N6. The average molecular weight is 421 g/mol. The third kappa shape index (κ3) is 3.16. The van der Waals surface area contributed by atoms with Crippen LogP contribution in [0.1, 0.15) is 0 Å². The molecule has 0 atom stereocenters. The van der Waals surface area contributed by atoms with Crippen LogP contribution in [0.25, 0.3) is 27.9 Å². The number of halogens is 2. The maximum absolute atomic E-state index is 6.22. The van der Waals surface area contributed by atoms with Gasteiger partial charge in [-0.2, -0.15) is 4.98 Å². The van der Waals surface area contributed by atoms with Crippen molar-refractivity contribution in [2.24, 2.45) is 0 Å². The lowest BCUT2D eigenvalue weighted by molar-refractivity contribution is 1.06. The smallest absolute Gasteiger partial charge is 0.257 e. The molecule has 0 saturated heterocycles. The zero-order valence-corrected chi connectivity index (χ0v) is 16.8. The average Bonchev–Trinajstić information content (AvgIpc) is 3.22. The minimum Gasteiger partial charge on any atom is -0.313 e. The lowest BCUT2D eigenvalue weighted by Gasteiger charge is -2.20. The number of anilines is 2. The van der Waals surface area contributed by atoms with E-state index in [2.05, 4.69) is 10.2 Å². The first-order chi connectivity index (χ1) is 14.1. The molecule has 0 spiro atoms. The van der Waals surface area contributed by atoms with Crippen molar-refractivity contribution < 1.29 is 0 Å². The first kappa shape index (κ1) is 17.8. The highest BCUT2D eigenvalue weighted by Crippen LogP contribution is 2.31. The van der Waals surface area contributed by atoms with Gasteiger partial charge in [0.05, 0.1) is 11.2 Å². The van der Waals surface area contributed by atoms with E-state index in [0.29, 0.717) is 15.8 Å². The van der Waals surface area contributed by atoms with Crippen LogP contribution in [0.3, 0.4) is 0 Å². The Morgan fingerprint density at radius 3 is 2.52 bits per heavy atom. The van der Waals surface area contributed by atoms with Crippen molar-refractivity contribution in [2.75, 3.05) is 11.9 Å². The summed E-state index contributed by atoms with van der Waals surface area (Å²) in [5.74, 6) is 1.97. The van der Waals surface area contributed by atoms with Crippen LogP contribution in [-0.2, 0) is 0 Å². The van der Waals surface area contributed by atoms with E-state index in [4.69, 9.17) is 33.2 Å². The lowest BCUT2D eigenvalue weighted by Crippen LogP contribution is -2.14. The zero-order chi connectivity index (χ0) is 20.0. The second kappa shape index (κ2) is 6.99. The van der Waals surface area contributed by atoms with E-state index in [-0.39, 0.29) is 0 Å². The molecule has 0 N–H and O–H groups in total. The Morgan fingerprint density at radius 2 is 1.69 bits per heavy atom. The van der Waals surface area contributed by atoms with Gasteiger partial charge in [-0.1, -0.05) is 41.4 Å². The summed E-state index contributed by atoms with van der Waals surface area (Å²) in [5, 5.41) is 10.3. The summed E-state index contributed by atoms with van der Waals surface area (Å²) in [7, 11) is 1.93. The van der Waals surface area contributed by atoms with Crippen LogP contribution in [0.5, 0.6) is 0 Å². The van der Waals surface area contributed by atoms with Crippen molar-refractivity contribution in [1.29, 1.82) is 0 Å². The van der Waals surface area contributed by atoms with Gasteiger partial charge in [-0.3, -0.25) is 4.40 Å². The zero-order valence-electron chi connectivity index (χ0n) is 15.3. The van der Waals surface area contributed by atoms with E-state index in [1.807, 2.05) is 77.0 Å². The van der Waals surface area contributed by atoms with E-state index in [0.717, 1.165) is 33.8 Å². The van der Waals surface area contributed by atoms with Crippen LogP contribution < -0.4 is 4.90 Å². The fourth-order valence-electron chi connectivity index (χ4n) is 3.28. The van der Waals surface area contributed by atoms with Crippen molar-refractivity contribution in [1.82, 2.24) is 24.6 Å². The monoisotopic (exact) mass is 420 g/mol. The largest absolute Gasteiger partial charge is 0.313 e. The van der Waals surface area contributed by atoms with Gasteiger partial charge in [0.25, 0.3) is 5.78 Å². The molecule has 5 aromatic rings. The molecule has 0 fully saturated rings. The quantitative estimate of drug-likeness (QED) is 0.390. The van der Waals surface area contributed by atoms with Crippen LogP contribution in [0.15, 0.2) is 67.0 Å². The molecular weight excluding hydrogens is 407 g/mol. The Labute approximate surface area is 176 Å². The maximum atomic E-state index is 6.22. The number of hydrogen-bond donors (Lipinski definition) is 0. The SMILES string of the molecule is CN(c1cccc(-c2ccc(Cl)cc2)n1)c1nc2nncn2c2cc(Cl)ccc12. The highest BCUT2D eigenvalue weighted by Gasteiger charge is 2.16. The van der Waals surface area contributed by atoms with Gasteiger partial charge in [0.15, 0.2) is 0 Å². The fourth-order valence-corrected chi connectivity index (χ4v) is 3.57. The standard InChI is InChI=1S/C21H14Cl2N6/c1-28(19-4-2-3-17(25-19)13-5-7-14(22)8-6-13)20-16-10-9-15(23)11-18(16)29-12-24-27-21(29)26-20/h2-12H,1H3. The van der Waals surface area contributed by atoms with Gasteiger partial charge in [0.2, 0.25) is 0 Å². The summed E-state index contributed by atoms with van der Waals surface area (Å²) in [6.07, 6.45) is 1.63. The Bertz CT molecular complexity index is 1350. The Balaban J connectivity index is 1.65. The van der Waals surface area contributed by atoms with Crippen molar-refractivity contribution >= 4 is 51.5 Å². The third-order valence-electron chi connectivity index (χ3n) is 4.73. The fraction of sp³-hybridized carbons (Fsp3) is 0.0476. The van der Waals surface area contributed by atoms with Crippen LogP contribution in [0.2, 0.25) is 10.0 Å². The molecule has 2 aromatic carbocycles. The van der Waals surface area contributed by atoms with E-state index in [1.54, 1.807) is 6.33 Å². The molecule has 0 aliphatic heterocycles. The van der Waals surface area contributed by atoms with E-state index in [9.17, 15) is 0 Å². The second-order valence-corrected chi connectivity index (χ2v) is 7.42. The molecule has 0 aliphatic carbocycles. The molecule has 0 radical (unpaired) electrons. The van der Waals surface area contributed by atoms with Crippen LogP contribution in [0, 0.1) is 0 Å². The summed E-state index contributed by atoms with van der Waals surface area (Å²) in [6.45, 7) is 0. The first-order valence-corrected chi connectivity index (χ1v) is 9.61. The molecule has 6 nitrogen and oxygen atoms in total. The molecule has 0 bridgehead atoms. The van der Waals surface area contributed by atoms with E-state index in [1.165, 1.54) is 0 Å². The number of benzene rings is 2. The van der Waals surface area contributed by atoms with Crippen LogP contribution >= 0.6 is 23.2 Å². The Morgan fingerprint density at radius 1 is 0.897 bits per heavy atom. The number of aromatic nitrogens is 5. The van der Waals surface area contributed by atoms with Gasteiger partial charge in [-0.15, -0.1) is 10.2 Å². The molecule has 3 aromatic heterocycles. The maximum Gasteiger partial charge on any atom is 0.257 e. The second-order valence-electron chi connectivity index (χ2n) is 6.54. The molecule has 5 rings (SSSR count). The molecule has 0 amide bonds. The van der Waals surface area contributed by atoms with Crippen molar-refractivity contribution in [3.05, 3.63) is 77.0 Å². The van der Waals surface area contributed by atoms with E-state index >= 15 is 0 Å². The highest BCUT2D eigenvalue weighted by atomic mass is 35.5. The topological polar surface area (TPSA) is 59.2 Å². The van der Waals surface area contributed by atoms with Gasteiger partial charge in [0, 0.05) is 28.0 Å². The summed E-state index contributed by atoms with van der Waals surface area (Å²) in [6, 6.07) is 19.2. The van der Waals surface area contributed by atoms with Gasteiger partial charge < -0.3 is 4.90 Å². The number of pyridine rings is 1. The Hall–Kier alpha value is -3.22. The van der Waals surface area contributed by atoms with Gasteiger partial charge in [-0.25, -0.2) is 4.98 Å². The summed E-state index contributed by atoms with van der Waals surface area (Å²) < 4.78 is 1.82. The number of hydrogen-bond acceptors (Lipinski definition) is 5. The van der Waals surface area contributed by atoms with Gasteiger partial charge in [0.1, 0.15) is 18.0 Å². The third-order valence-corrected chi connectivity index (χ3v) is 5.22. The molecule has 8 heteroatoms. The van der Waals surface area contributed by atoms with E-state index < -0.39 is 0 Å². The molecule has 29 heavy (non-hydrogen) atoms. The minimum atomic E-state index is 0.496. The van der Waals surface area contributed by atoms with Gasteiger partial charge >= 0.3 is 0 Å². The molecule has 3 heterocycles. The normalized spacial score (nSPS) is 11.3. The van der Waals surface area contributed by atoms with Crippen LogP contribution in [0.4, 0.5) is 11.6 Å². The van der Waals surface area contributed by atoms with Crippen molar-refractivity contribution in [3.8, 4) is 11.3 Å². The predicted octanol–water partition coefficient (Wildman–Crippen LogP) is 5.41. The Kier molecular flexibility index (Phi) is 4.30.